The van der Waals surface area contributed by atoms with Crippen LogP contribution in [0.1, 0.15) is 69.9 Å². The highest BCUT2D eigenvalue weighted by atomic mass is 19.4. The van der Waals surface area contributed by atoms with E-state index < -0.39 is 24.0 Å². The minimum Gasteiger partial charge on any atom is -0.508 e. The molecule has 0 spiro atoms. The van der Waals surface area contributed by atoms with E-state index in [1.54, 1.807) is 12.2 Å². The number of allylic oxidation sites excluding steroid dienone is 5. The number of aliphatic hydroxyl groups is 1. The van der Waals surface area contributed by atoms with Crippen molar-refractivity contribution in [3.63, 3.8) is 0 Å². The molecule has 1 saturated heterocycles. The van der Waals surface area contributed by atoms with Gasteiger partial charge in [-0.2, -0.15) is 13.2 Å². The number of unbranched alkanes of at least 4 members (excludes halogenated alkanes) is 1. The van der Waals surface area contributed by atoms with Crippen LogP contribution in [-0.4, -0.2) is 60.2 Å². The fourth-order valence-electron chi connectivity index (χ4n) is 7.21. The van der Waals surface area contributed by atoms with Crippen molar-refractivity contribution in [2.75, 3.05) is 26.2 Å². The van der Waals surface area contributed by atoms with Crippen LogP contribution in [0.4, 0.5) is 13.2 Å². The average molecular weight is 598 g/mol. The summed E-state index contributed by atoms with van der Waals surface area (Å²) in [7, 11) is 0. The SMILES string of the molecule is CC1C=C(O)C=C(C(=O)NC2CCN(CCCCC3(C(=O)NCC(F)(F)F)C4=C(C=CC(C)C4)c4ccccc43)CC2)C1. The number of nitrogens with zero attached hydrogens (tertiary/aromatic N) is 1. The number of carbonyl (C=O) groups is 2. The van der Waals surface area contributed by atoms with Gasteiger partial charge in [-0.25, -0.2) is 0 Å². The second kappa shape index (κ2) is 12.7. The summed E-state index contributed by atoms with van der Waals surface area (Å²) >= 11 is 0. The van der Waals surface area contributed by atoms with Gasteiger partial charge in [-0.15, -0.1) is 0 Å². The molecule has 3 atom stereocenters. The van der Waals surface area contributed by atoms with Crippen LogP contribution < -0.4 is 10.6 Å². The van der Waals surface area contributed by atoms with Crippen molar-refractivity contribution < 1.29 is 27.9 Å². The van der Waals surface area contributed by atoms with Crippen molar-refractivity contribution in [1.29, 1.82) is 0 Å². The van der Waals surface area contributed by atoms with E-state index in [1.165, 1.54) is 0 Å². The van der Waals surface area contributed by atoms with Gasteiger partial charge in [0.25, 0.3) is 0 Å². The van der Waals surface area contributed by atoms with Crippen molar-refractivity contribution in [2.45, 2.75) is 76.4 Å². The normalized spacial score (nSPS) is 26.0. The molecule has 1 aliphatic heterocycles. The summed E-state index contributed by atoms with van der Waals surface area (Å²) in [6.45, 7) is 5.20. The maximum Gasteiger partial charge on any atom is 0.405 e. The standard InChI is InChI=1S/C34H42F3N3O3/c1-22-9-10-28-27-7-3-4-8-29(27)33(30(28)19-22,32(43)38-21-34(35,36)37)13-5-6-14-40-15-11-25(12-16-40)39-31(42)24-17-23(2)18-26(41)20-24/h3-4,7-10,18,20,22-23,25,41H,5-6,11-17,19,21H2,1-2H3,(H,38,43)(H,39,42). The van der Waals surface area contributed by atoms with E-state index in [1.807, 2.05) is 37.3 Å². The van der Waals surface area contributed by atoms with Crippen LogP contribution in [0.3, 0.4) is 0 Å². The Hall–Kier alpha value is -3.33. The number of aliphatic hydroxyl groups excluding tert-OH is 1. The Balaban J connectivity index is 1.20. The molecule has 0 bridgehead atoms. The molecule has 232 valence electrons. The highest BCUT2D eigenvalue weighted by molar-refractivity contribution is 6.02. The number of halogens is 3. The second-order valence-electron chi connectivity index (χ2n) is 12.7. The fraction of sp³-hybridized carbons (Fsp3) is 0.529. The summed E-state index contributed by atoms with van der Waals surface area (Å²) < 4.78 is 39.5. The molecule has 0 saturated carbocycles. The van der Waals surface area contributed by atoms with Gasteiger partial charge in [0.05, 0.1) is 5.41 Å². The minimum absolute atomic E-state index is 0.0790. The largest absolute Gasteiger partial charge is 0.508 e. The molecule has 0 radical (unpaired) electrons. The third-order valence-electron chi connectivity index (χ3n) is 9.28. The summed E-state index contributed by atoms with van der Waals surface area (Å²) in [4.78, 5) is 28.9. The minimum atomic E-state index is -4.48. The Morgan fingerprint density at radius 2 is 1.81 bits per heavy atom. The van der Waals surface area contributed by atoms with Gasteiger partial charge in [0.1, 0.15) is 12.3 Å². The lowest BCUT2D eigenvalue weighted by Crippen LogP contribution is -2.48. The summed E-state index contributed by atoms with van der Waals surface area (Å²) in [5.41, 5.74) is 3.16. The van der Waals surface area contributed by atoms with E-state index in [0.29, 0.717) is 31.3 Å². The fourth-order valence-corrected chi connectivity index (χ4v) is 7.21. The van der Waals surface area contributed by atoms with Gasteiger partial charge in [0.2, 0.25) is 11.8 Å². The van der Waals surface area contributed by atoms with Crippen LogP contribution in [-0.2, 0) is 15.0 Å². The zero-order chi connectivity index (χ0) is 30.8. The molecular weight excluding hydrogens is 555 g/mol. The summed E-state index contributed by atoms with van der Waals surface area (Å²) in [6, 6.07) is 7.73. The number of fused-ring (bicyclic) bond motifs is 2. The average Bonchev–Trinajstić information content (AvgIpc) is 3.23. The number of carbonyl (C=O) groups excluding carboxylic acids is 2. The molecule has 1 heterocycles. The van der Waals surface area contributed by atoms with Crippen LogP contribution in [0.15, 0.2) is 65.5 Å². The van der Waals surface area contributed by atoms with E-state index in [9.17, 15) is 27.9 Å². The lowest BCUT2D eigenvalue weighted by Gasteiger charge is -2.35. The first-order chi connectivity index (χ1) is 20.5. The van der Waals surface area contributed by atoms with Crippen LogP contribution in [0.25, 0.3) is 5.57 Å². The molecule has 5 rings (SSSR count). The molecule has 3 unspecified atom stereocenters. The predicted octanol–water partition coefficient (Wildman–Crippen LogP) is 6.13. The molecule has 2 amide bonds. The first kappa shape index (κ1) is 31.1. The first-order valence-corrected chi connectivity index (χ1v) is 15.5. The van der Waals surface area contributed by atoms with Crippen LogP contribution in [0, 0.1) is 11.8 Å². The zero-order valence-corrected chi connectivity index (χ0v) is 25.0. The van der Waals surface area contributed by atoms with Crippen LogP contribution in [0.2, 0.25) is 0 Å². The molecule has 1 fully saturated rings. The summed E-state index contributed by atoms with van der Waals surface area (Å²) in [5, 5.41) is 15.2. The number of benzene rings is 1. The second-order valence-corrected chi connectivity index (χ2v) is 12.7. The summed E-state index contributed by atoms with van der Waals surface area (Å²) in [6.07, 6.45) is 7.84. The molecule has 3 N–H and O–H groups in total. The predicted molar refractivity (Wildman–Crippen MR) is 161 cm³/mol. The summed E-state index contributed by atoms with van der Waals surface area (Å²) in [5.74, 6) is -0.212. The Morgan fingerprint density at radius 1 is 1.07 bits per heavy atom. The van der Waals surface area contributed by atoms with Gasteiger partial charge in [-0.3, -0.25) is 9.59 Å². The van der Waals surface area contributed by atoms with Crippen LogP contribution in [0.5, 0.6) is 0 Å². The number of alkyl halides is 3. The molecular formula is C34H42F3N3O3. The number of amides is 2. The van der Waals surface area contributed by atoms with Crippen molar-refractivity contribution in [2.24, 2.45) is 11.8 Å². The van der Waals surface area contributed by atoms with Crippen molar-refractivity contribution in [3.8, 4) is 0 Å². The van der Waals surface area contributed by atoms with E-state index in [0.717, 1.165) is 61.2 Å². The van der Waals surface area contributed by atoms with Gasteiger partial charge in [0.15, 0.2) is 0 Å². The van der Waals surface area contributed by atoms with Gasteiger partial charge >= 0.3 is 6.18 Å². The van der Waals surface area contributed by atoms with Crippen molar-refractivity contribution >= 4 is 17.4 Å². The highest BCUT2D eigenvalue weighted by Crippen LogP contribution is 2.53. The number of rotatable bonds is 9. The molecule has 1 aromatic carbocycles. The Kier molecular flexibility index (Phi) is 9.20. The molecule has 9 heteroatoms. The smallest absolute Gasteiger partial charge is 0.405 e. The van der Waals surface area contributed by atoms with Gasteiger partial charge in [0, 0.05) is 24.7 Å². The van der Waals surface area contributed by atoms with Gasteiger partial charge in [-0.1, -0.05) is 56.7 Å². The maximum absolute atomic E-state index is 13.8. The van der Waals surface area contributed by atoms with E-state index in [2.05, 4.69) is 28.5 Å². The third kappa shape index (κ3) is 6.92. The van der Waals surface area contributed by atoms with E-state index in [-0.39, 0.29) is 29.5 Å². The number of piperidine rings is 1. The Morgan fingerprint density at radius 3 is 2.53 bits per heavy atom. The number of nitrogens with one attached hydrogen (secondary N) is 2. The molecule has 4 aliphatic rings. The monoisotopic (exact) mass is 597 g/mol. The molecule has 1 aromatic rings. The van der Waals surface area contributed by atoms with Gasteiger partial charge < -0.3 is 20.6 Å². The number of likely N-dealkylation sites (tertiary alicyclic amines) is 1. The number of hydrogen-bond donors (Lipinski definition) is 3. The Bertz CT molecular complexity index is 1350. The quantitative estimate of drug-likeness (QED) is 0.300. The van der Waals surface area contributed by atoms with Crippen LogP contribution >= 0.6 is 0 Å². The van der Waals surface area contributed by atoms with E-state index >= 15 is 0 Å². The molecule has 0 aromatic heterocycles. The topological polar surface area (TPSA) is 81.7 Å². The van der Waals surface area contributed by atoms with Gasteiger partial charge in [-0.05, 0) is 91.3 Å². The third-order valence-corrected chi connectivity index (χ3v) is 9.28. The molecule has 3 aliphatic carbocycles. The number of hydrogen-bond acceptors (Lipinski definition) is 4. The first-order valence-electron chi connectivity index (χ1n) is 15.5. The zero-order valence-electron chi connectivity index (χ0n) is 25.0. The maximum atomic E-state index is 13.8. The lowest BCUT2D eigenvalue weighted by molar-refractivity contribution is -0.141. The molecule has 6 nitrogen and oxygen atoms in total. The van der Waals surface area contributed by atoms with Crippen molar-refractivity contribution in [1.82, 2.24) is 15.5 Å². The molecule has 43 heavy (non-hydrogen) atoms. The lowest BCUT2D eigenvalue weighted by atomic mass is 9.69. The van der Waals surface area contributed by atoms with Crippen molar-refractivity contribution in [3.05, 3.63) is 76.6 Å². The van der Waals surface area contributed by atoms with E-state index in [4.69, 9.17) is 0 Å². The Labute approximate surface area is 251 Å². The highest BCUT2D eigenvalue weighted by Gasteiger charge is 2.50.